The van der Waals surface area contributed by atoms with Gasteiger partial charge < -0.3 is 21.1 Å². The first-order valence-electron chi connectivity index (χ1n) is 14.6. The van der Waals surface area contributed by atoms with E-state index in [1.165, 1.54) is 11.9 Å². The maximum absolute atomic E-state index is 12.8. The number of aliphatic hydroxyl groups is 1. The Balaban J connectivity index is 1.80. The summed E-state index contributed by atoms with van der Waals surface area (Å²) < 4.78 is 0. The summed E-state index contributed by atoms with van der Waals surface area (Å²) in [5, 5.41) is 20.7. The van der Waals surface area contributed by atoms with E-state index in [1.54, 1.807) is 6.92 Å². The number of amides is 4. The zero-order chi connectivity index (χ0) is 29.8. The number of nitrogens with one attached hydrogen (secondary N) is 4. The molecule has 0 unspecified atom stereocenters. The molecule has 10 nitrogen and oxygen atoms in total. The van der Waals surface area contributed by atoms with E-state index in [9.17, 15) is 24.3 Å². The Morgan fingerprint density at radius 2 is 1.80 bits per heavy atom. The highest BCUT2D eigenvalue weighted by atomic mass is 16.3. The van der Waals surface area contributed by atoms with Gasteiger partial charge in [-0.3, -0.25) is 24.2 Å². The molecule has 0 aliphatic carbocycles. The lowest BCUT2D eigenvalue weighted by molar-refractivity contribution is -0.137. The molecule has 1 heterocycles. The van der Waals surface area contributed by atoms with E-state index in [1.807, 2.05) is 45.9 Å². The standard InChI is InChI=1S/C30H49N5O5/c1-7-31-30(40)27(19(2)3)33-28(38)20(4)26(37)16-9-8-12-23-13-10-14-24(18-23)21(5)32-29(39)25-15-11-17-35(34-25)22(6)36/h10,13-14,18-21,25-27,34,37H,7-9,11-12,15-17H2,1-6H3,(H,31,40)(H,32,39)(H,33,38)/t20-,21-,25+,26-,27+/m1/s1. The first-order valence-corrected chi connectivity index (χ1v) is 14.6. The van der Waals surface area contributed by atoms with Crippen LogP contribution in [-0.4, -0.2) is 65.0 Å². The summed E-state index contributed by atoms with van der Waals surface area (Å²) in [5.41, 5.74) is 5.15. The lowest BCUT2D eigenvalue weighted by Crippen LogP contribution is -2.57. The number of nitrogens with zero attached hydrogens (tertiary/aromatic N) is 1. The van der Waals surface area contributed by atoms with Crippen LogP contribution < -0.4 is 21.4 Å². The Labute approximate surface area is 239 Å². The summed E-state index contributed by atoms with van der Waals surface area (Å²) in [6.07, 6.45) is 3.56. The minimum absolute atomic E-state index is 0.0623. The highest BCUT2D eigenvalue weighted by Gasteiger charge is 2.29. The molecule has 5 atom stereocenters. The molecule has 1 aliphatic rings. The van der Waals surface area contributed by atoms with Crippen LogP contribution in [0.4, 0.5) is 0 Å². The number of unbranched alkanes of at least 4 members (excludes halogenated alkanes) is 1. The monoisotopic (exact) mass is 559 g/mol. The van der Waals surface area contributed by atoms with Gasteiger partial charge in [-0.15, -0.1) is 0 Å². The van der Waals surface area contributed by atoms with Gasteiger partial charge >= 0.3 is 0 Å². The summed E-state index contributed by atoms with van der Waals surface area (Å²) in [4.78, 5) is 49.4. The minimum atomic E-state index is -0.795. The van der Waals surface area contributed by atoms with Crippen LogP contribution in [0.3, 0.4) is 0 Å². The largest absolute Gasteiger partial charge is 0.392 e. The average molecular weight is 560 g/mol. The van der Waals surface area contributed by atoms with E-state index in [0.29, 0.717) is 25.9 Å². The quantitative estimate of drug-likeness (QED) is 0.222. The molecule has 1 aromatic carbocycles. The number of aryl methyl sites for hydroxylation is 1. The number of benzene rings is 1. The second-order valence-electron chi connectivity index (χ2n) is 11.2. The van der Waals surface area contributed by atoms with E-state index in [0.717, 1.165) is 36.8 Å². The number of rotatable bonds is 14. The van der Waals surface area contributed by atoms with Crippen molar-refractivity contribution in [3.8, 4) is 0 Å². The molecule has 10 heteroatoms. The molecule has 0 aromatic heterocycles. The number of hydrogen-bond donors (Lipinski definition) is 5. The number of hydrazine groups is 1. The van der Waals surface area contributed by atoms with Crippen LogP contribution in [0.1, 0.15) is 90.8 Å². The summed E-state index contributed by atoms with van der Waals surface area (Å²) in [5.74, 6) is -1.44. The SMILES string of the molecule is CCNC(=O)[C@@H](NC(=O)[C@H](C)[C@H](O)CCCCc1cccc([C@@H](C)NC(=O)[C@@H]2CCCN(C(C)=O)N2)c1)C(C)C. The van der Waals surface area contributed by atoms with Gasteiger partial charge in [0.1, 0.15) is 12.1 Å². The van der Waals surface area contributed by atoms with Crippen molar-refractivity contribution in [1.82, 2.24) is 26.4 Å². The molecule has 0 spiro atoms. The third kappa shape index (κ3) is 10.2. The number of carbonyl (C=O) groups is 4. The lowest BCUT2D eigenvalue weighted by atomic mass is 9.95. The van der Waals surface area contributed by atoms with Crippen LogP contribution in [0.2, 0.25) is 0 Å². The minimum Gasteiger partial charge on any atom is -0.392 e. The smallest absolute Gasteiger partial charge is 0.242 e. The van der Waals surface area contributed by atoms with Crippen molar-refractivity contribution >= 4 is 23.6 Å². The maximum atomic E-state index is 12.8. The molecule has 4 amide bonds. The molecular formula is C30H49N5O5. The Kier molecular flexibility index (Phi) is 13.6. The van der Waals surface area contributed by atoms with Crippen molar-refractivity contribution in [1.29, 1.82) is 0 Å². The molecule has 1 saturated heterocycles. The van der Waals surface area contributed by atoms with E-state index >= 15 is 0 Å². The Morgan fingerprint density at radius 1 is 1.07 bits per heavy atom. The lowest BCUT2D eigenvalue weighted by Gasteiger charge is -2.33. The van der Waals surface area contributed by atoms with Crippen molar-refractivity contribution in [2.45, 2.75) is 104 Å². The summed E-state index contributed by atoms with van der Waals surface area (Å²) in [6, 6.07) is 6.86. The van der Waals surface area contributed by atoms with Crippen LogP contribution in [0, 0.1) is 11.8 Å². The molecular weight excluding hydrogens is 510 g/mol. The number of carbonyl (C=O) groups excluding carboxylic acids is 4. The van der Waals surface area contributed by atoms with E-state index in [2.05, 4.69) is 27.4 Å². The van der Waals surface area contributed by atoms with Crippen LogP contribution in [0.25, 0.3) is 0 Å². The molecule has 1 aromatic rings. The zero-order valence-corrected chi connectivity index (χ0v) is 25.0. The van der Waals surface area contributed by atoms with Crippen LogP contribution in [-0.2, 0) is 25.6 Å². The average Bonchev–Trinajstić information content (AvgIpc) is 2.93. The Hall–Kier alpha value is -2.98. The predicted molar refractivity (Wildman–Crippen MR) is 155 cm³/mol. The van der Waals surface area contributed by atoms with Crippen LogP contribution >= 0.6 is 0 Å². The molecule has 0 bridgehead atoms. The van der Waals surface area contributed by atoms with Crippen molar-refractivity contribution in [2.24, 2.45) is 11.8 Å². The van der Waals surface area contributed by atoms with E-state index in [4.69, 9.17) is 0 Å². The van der Waals surface area contributed by atoms with Gasteiger partial charge in [-0.25, -0.2) is 5.43 Å². The molecule has 1 fully saturated rings. The van der Waals surface area contributed by atoms with E-state index in [-0.39, 0.29) is 35.6 Å². The maximum Gasteiger partial charge on any atom is 0.242 e. The molecule has 2 rings (SSSR count). The fourth-order valence-corrected chi connectivity index (χ4v) is 4.84. The first kappa shape index (κ1) is 33.2. The van der Waals surface area contributed by atoms with Crippen LogP contribution in [0.15, 0.2) is 24.3 Å². The van der Waals surface area contributed by atoms with Gasteiger partial charge in [0.2, 0.25) is 23.6 Å². The zero-order valence-electron chi connectivity index (χ0n) is 25.0. The van der Waals surface area contributed by atoms with Gasteiger partial charge in [-0.1, -0.05) is 51.5 Å². The molecule has 0 radical (unpaired) electrons. The third-order valence-corrected chi connectivity index (χ3v) is 7.50. The Morgan fingerprint density at radius 3 is 2.45 bits per heavy atom. The topological polar surface area (TPSA) is 140 Å². The number of likely N-dealkylation sites (N-methyl/N-ethyl adjacent to an activating group) is 1. The van der Waals surface area contributed by atoms with Gasteiger partial charge in [-0.05, 0) is 63.0 Å². The van der Waals surface area contributed by atoms with Gasteiger partial charge in [-0.2, -0.15) is 0 Å². The highest BCUT2D eigenvalue weighted by molar-refractivity contribution is 5.88. The first-order chi connectivity index (χ1) is 18.9. The van der Waals surface area contributed by atoms with Gasteiger partial charge in [0.25, 0.3) is 0 Å². The summed E-state index contributed by atoms with van der Waals surface area (Å²) >= 11 is 0. The van der Waals surface area contributed by atoms with Gasteiger partial charge in [0.15, 0.2) is 0 Å². The fourth-order valence-electron chi connectivity index (χ4n) is 4.84. The third-order valence-electron chi connectivity index (χ3n) is 7.50. The Bertz CT molecular complexity index is 1000. The second-order valence-corrected chi connectivity index (χ2v) is 11.2. The normalized spacial score (nSPS) is 18.4. The molecule has 40 heavy (non-hydrogen) atoms. The van der Waals surface area contributed by atoms with Crippen molar-refractivity contribution in [3.05, 3.63) is 35.4 Å². The number of hydrogen-bond acceptors (Lipinski definition) is 6. The predicted octanol–water partition coefficient (Wildman–Crippen LogP) is 2.37. The van der Waals surface area contributed by atoms with Crippen molar-refractivity contribution in [3.63, 3.8) is 0 Å². The fraction of sp³-hybridized carbons (Fsp3) is 0.667. The van der Waals surface area contributed by atoms with Crippen molar-refractivity contribution in [2.75, 3.05) is 13.1 Å². The summed E-state index contributed by atoms with van der Waals surface area (Å²) in [7, 11) is 0. The highest BCUT2D eigenvalue weighted by Crippen LogP contribution is 2.19. The van der Waals surface area contributed by atoms with E-state index < -0.39 is 24.1 Å². The summed E-state index contributed by atoms with van der Waals surface area (Å²) in [6.45, 7) is 11.8. The van der Waals surface area contributed by atoms with Crippen molar-refractivity contribution < 1.29 is 24.3 Å². The second kappa shape index (κ2) is 16.3. The number of aliphatic hydroxyl groups excluding tert-OH is 1. The van der Waals surface area contributed by atoms with Gasteiger partial charge in [0, 0.05) is 20.0 Å². The van der Waals surface area contributed by atoms with Gasteiger partial charge in [0.05, 0.1) is 18.1 Å². The molecule has 5 N–H and O–H groups in total. The van der Waals surface area contributed by atoms with Crippen LogP contribution in [0.5, 0.6) is 0 Å². The molecule has 1 aliphatic heterocycles. The molecule has 224 valence electrons. The molecule has 0 saturated carbocycles.